The summed E-state index contributed by atoms with van der Waals surface area (Å²) in [5.41, 5.74) is 5.51. The average Bonchev–Trinajstić information content (AvgIpc) is 3.02. The van der Waals surface area contributed by atoms with E-state index in [1.54, 1.807) is 0 Å². The van der Waals surface area contributed by atoms with E-state index in [1.807, 2.05) is 6.21 Å². The zero-order valence-electron chi connectivity index (χ0n) is 27.7. The third-order valence-corrected chi connectivity index (χ3v) is 7.78. The van der Waals surface area contributed by atoms with Crippen molar-refractivity contribution in [2.24, 2.45) is 9.98 Å². The summed E-state index contributed by atoms with van der Waals surface area (Å²) in [6.07, 6.45) is 35.7. The largest absolute Gasteiger partial charge is 0.255 e. The van der Waals surface area contributed by atoms with Gasteiger partial charge in [0.2, 0.25) is 0 Å². The number of aliphatic imine (C=N–C) groups is 2. The third kappa shape index (κ3) is 20.4. The van der Waals surface area contributed by atoms with Gasteiger partial charge in [0.15, 0.2) is 0 Å². The molecule has 3 heteroatoms. The van der Waals surface area contributed by atoms with Crippen molar-refractivity contribution in [2.45, 2.75) is 143 Å². The Morgan fingerprint density at radius 3 is 1.40 bits per heavy atom. The van der Waals surface area contributed by atoms with E-state index in [1.165, 1.54) is 114 Å². The van der Waals surface area contributed by atoms with Gasteiger partial charge in [-0.2, -0.15) is 0 Å². The van der Waals surface area contributed by atoms with E-state index in [-0.39, 0.29) is 16.5 Å². The van der Waals surface area contributed by atoms with Crippen LogP contribution in [0.15, 0.2) is 70.7 Å². The van der Waals surface area contributed by atoms with E-state index in [4.69, 9.17) is 9.98 Å². The molecule has 0 aromatic heterocycles. The Labute approximate surface area is 275 Å². The van der Waals surface area contributed by atoms with E-state index < -0.39 is 0 Å². The molecular formula is C40H60N2Ni. The maximum Gasteiger partial charge on any atom is 0.0634 e. The molecule has 0 radical (unpaired) electrons. The van der Waals surface area contributed by atoms with Crippen molar-refractivity contribution in [3.8, 4) is 0 Å². The Kier molecular flexibility index (Phi) is 24.6. The smallest absolute Gasteiger partial charge is 0.0634 e. The molecule has 0 fully saturated rings. The number of allylic oxidation sites excluding steroid dienone is 2. The summed E-state index contributed by atoms with van der Waals surface area (Å²) in [5.74, 6) is 0. The Hall–Kier alpha value is -2.25. The van der Waals surface area contributed by atoms with Crippen molar-refractivity contribution in [2.75, 3.05) is 0 Å². The second-order valence-corrected chi connectivity index (χ2v) is 11.8. The fourth-order valence-electron chi connectivity index (χ4n) is 5.03. The van der Waals surface area contributed by atoms with Crippen molar-refractivity contribution >= 4 is 35.5 Å². The second-order valence-electron chi connectivity index (χ2n) is 11.8. The van der Waals surface area contributed by atoms with Gasteiger partial charge in [-0.25, -0.2) is 0 Å². The minimum Gasteiger partial charge on any atom is -0.255 e. The fourth-order valence-corrected chi connectivity index (χ4v) is 5.03. The maximum absolute atomic E-state index is 4.94. The molecule has 0 saturated carbocycles. The Morgan fingerprint density at radius 1 is 0.512 bits per heavy atom. The van der Waals surface area contributed by atoms with Gasteiger partial charge in [-0.1, -0.05) is 153 Å². The van der Waals surface area contributed by atoms with Gasteiger partial charge < -0.3 is 0 Å². The molecule has 0 spiro atoms. The molecule has 0 aliphatic carbocycles. The van der Waals surface area contributed by atoms with Crippen LogP contribution in [0.2, 0.25) is 0 Å². The summed E-state index contributed by atoms with van der Waals surface area (Å²) in [6.45, 7) is 6.78. The van der Waals surface area contributed by atoms with Crippen LogP contribution in [0.25, 0.3) is 12.2 Å². The Balaban J connectivity index is 0.00000924. The quantitative estimate of drug-likeness (QED) is 0.0629. The molecule has 0 heterocycles. The van der Waals surface area contributed by atoms with Gasteiger partial charge in [0, 0.05) is 22.7 Å². The predicted octanol–water partition coefficient (Wildman–Crippen LogP) is 13.7. The molecule has 43 heavy (non-hydrogen) atoms. The molecule has 0 aliphatic heterocycles. The molecule has 0 unspecified atom stereocenters. The van der Waals surface area contributed by atoms with Gasteiger partial charge in [0.05, 0.1) is 17.1 Å². The van der Waals surface area contributed by atoms with E-state index in [0.717, 1.165) is 36.3 Å². The summed E-state index contributed by atoms with van der Waals surface area (Å²) in [5, 5.41) is 0. The normalized spacial score (nSPS) is 12.1. The fraction of sp³-hybridized carbons (Fsp3) is 0.550. The first-order valence-electron chi connectivity index (χ1n) is 17.4. The van der Waals surface area contributed by atoms with Crippen LogP contribution in [-0.2, 0) is 16.5 Å². The maximum atomic E-state index is 4.94. The molecule has 2 rings (SSSR count). The zero-order valence-corrected chi connectivity index (χ0v) is 28.6. The van der Waals surface area contributed by atoms with Crippen molar-refractivity contribution in [1.29, 1.82) is 0 Å². The van der Waals surface area contributed by atoms with Crippen LogP contribution in [0, 0.1) is 0 Å². The summed E-state index contributed by atoms with van der Waals surface area (Å²) in [6, 6.07) is 17.1. The average molecular weight is 628 g/mol. The summed E-state index contributed by atoms with van der Waals surface area (Å²) in [4.78, 5) is 9.70. The van der Waals surface area contributed by atoms with Crippen molar-refractivity contribution < 1.29 is 16.5 Å². The Bertz CT molecular complexity index is 1030. The van der Waals surface area contributed by atoms with Crippen LogP contribution in [0.1, 0.15) is 154 Å². The minimum absolute atomic E-state index is 0. The Morgan fingerprint density at radius 2 is 0.930 bits per heavy atom. The molecule has 0 saturated heterocycles. The first-order valence-corrected chi connectivity index (χ1v) is 17.4. The van der Waals surface area contributed by atoms with E-state index >= 15 is 0 Å². The van der Waals surface area contributed by atoms with Gasteiger partial charge in [0.25, 0.3) is 0 Å². The zero-order chi connectivity index (χ0) is 29.9. The monoisotopic (exact) mass is 626 g/mol. The molecule has 0 N–H and O–H groups in total. The first kappa shape index (κ1) is 38.8. The summed E-state index contributed by atoms with van der Waals surface area (Å²) in [7, 11) is 0. The van der Waals surface area contributed by atoms with Gasteiger partial charge in [-0.3, -0.25) is 9.98 Å². The molecule has 2 nitrogen and oxygen atoms in total. The number of hydrogen-bond donors (Lipinski definition) is 0. The summed E-state index contributed by atoms with van der Waals surface area (Å²) < 4.78 is 0. The SMILES string of the molecule is CCCCCCCCCC=Cc1ccc(N=CC(CCCC)=Nc2ccc(C=CCCCCCCCCC)cc2)cc1.[Ni]. The molecule has 0 aliphatic rings. The van der Waals surface area contributed by atoms with Crippen LogP contribution in [-0.4, -0.2) is 11.9 Å². The molecular weight excluding hydrogens is 567 g/mol. The van der Waals surface area contributed by atoms with Crippen LogP contribution in [0.5, 0.6) is 0 Å². The van der Waals surface area contributed by atoms with Crippen LogP contribution in [0.3, 0.4) is 0 Å². The number of nitrogens with zero attached hydrogens (tertiary/aromatic N) is 2. The number of hydrogen-bond acceptors (Lipinski definition) is 2. The van der Waals surface area contributed by atoms with E-state index in [0.29, 0.717) is 0 Å². The topological polar surface area (TPSA) is 24.7 Å². The van der Waals surface area contributed by atoms with Crippen molar-refractivity contribution in [1.82, 2.24) is 0 Å². The molecule has 0 bridgehead atoms. The molecule has 0 amide bonds. The van der Waals surface area contributed by atoms with Crippen LogP contribution < -0.4 is 0 Å². The van der Waals surface area contributed by atoms with E-state index in [9.17, 15) is 0 Å². The molecule has 240 valence electrons. The van der Waals surface area contributed by atoms with Crippen LogP contribution in [0.4, 0.5) is 11.4 Å². The van der Waals surface area contributed by atoms with Gasteiger partial charge in [0.1, 0.15) is 0 Å². The minimum atomic E-state index is 0. The number of benzene rings is 2. The van der Waals surface area contributed by atoms with Gasteiger partial charge >= 0.3 is 0 Å². The summed E-state index contributed by atoms with van der Waals surface area (Å²) >= 11 is 0. The molecule has 2 aromatic carbocycles. The van der Waals surface area contributed by atoms with Gasteiger partial charge in [-0.15, -0.1) is 0 Å². The second kappa shape index (κ2) is 27.3. The standard InChI is InChI=1S/C40H60N2.Ni/c1-4-7-10-12-14-16-18-20-22-24-36-27-31-38(32-28-36)41-35-40(26-9-6-3)42-39-33-29-37(30-34-39)25-23-21-19-17-15-13-11-8-5-2;/h22-25,27-35H,4-21,26H2,1-3H3;. The number of rotatable bonds is 24. The first-order chi connectivity index (χ1) is 20.7. The number of unbranched alkanes of at least 4 members (excludes halogenated alkanes) is 15. The van der Waals surface area contributed by atoms with Crippen LogP contribution >= 0.6 is 0 Å². The van der Waals surface area contributed by atoms with Crippen molar-refractivity contribution in [3.05, 3.63) is 71.8 Å². The van der Waals surface area contributed by atoms with Crippen molar-refractivity contribution in [3.63, 3.8) is 0 Å². The molecule has 0 atom stereocenters. The molecule has 2 aromatic rings. The predicted molar refractivity (Wildman–Crippen MR) is 191 cm³/mol. The van der Waals surface area contributed by atoms with Gasteiger partial charge in [-0.05, 0) is 73.9 Å². The third-order valence-electron chi connectivity index (χ3n) is 7.78. The van der Waals surface area contributed by atoms with E-state index in [2.05, 4.69) is 93.6 Å².